The van der Waals surface area contributed by atoms with Crippen LogP contribution in [0.5, 0.6) is 0 Å². The Bertz CT molecular complexity index is 928. The zero-order valence-corrected chi connectivity index (χ0v) is 16.4. The summed E-state index contributed by atoms with van der Waals surface area (Å²) in [7, 11) is 0. The Morgan fingerprint density at radius 2 is 1.55 bits per heavy atom. The van der Waals surface area contributed by atoms with Gasteiger partial charge in [0.15, 0.2) is 0 Å². The normalized spacial score (nSPS) is 10.4. The monoisotopic (exact) mass is 388 g/mol. The second-order valence-electron chi connectivity index (χ2n) is 6.77. The summed E-state index contributed by atoms with van der Waals surface area (Å²) in [4.78, 5) is 35.2. The van der Waals surface area contributed by atoms with Crippen molar-refractivity contribution in [2.45, 2.75) is 26.4 Å². The summed E-state index contributed by atoms with van der Waals surface area (Å²) in [6, 6.07) is 19.4. The topological polar surface area (TPSA) is 75.2 Å². The molecule has 0 bridgehead atoms. The van der Waals surface area contributed by atoms with E-state index in [9.17, 15) is 9.59 Å². The van der Waals surface area contributed by atoms with E-state index >= 15 is 0 Å². The van der Waals surface area contributed by atoms with Crippen LogP contribution in [0.25, 0.3) is 0 Å². The molecule has 0 radical (unpaired) electrons. The van der Waals surface area contributed by atoms with Crippen LogP contribution >= 0.6 is 0 Å². The third kappa shape index (κ3) is 6.24. The highest BCUT2D eigenvalue weighted by molar-refractivity contribution is 5.92. The summed E-state index contributed by atoms with van der Waals surface area (Å²) in [6.07, 6.45) is 3.26. The lowest BCUT2D eigenvalue weighted by atomic mass is 10.2. The molecule has 0 unspecified atom stereocenters. The number of hydrogen-bond donors (Lipinski definition) is 1. The van der Waals surface area contributed by atoms with Gasteiger partial charge in [0.2, 0.25) is 5.91 Å². The molecule has 0 atom stereocenters. The highest BCUT2D eigenvalue weighted by Gasteiger charge is 2.19. The van der Waals surface area contributed by atoms with Crippen molar-refractivity contribution in [2.24, 2.45) is 0 Å². The van der Waals surface area contributed by atoms with E-state index in [1.165, 1.54) is 6.20 Å². The average molecular weight is 388 g/mol. The molecule has 0 aliphatic heterocycles. The zero-order valence-electron chi connectivity index (χ0n) is 16.4. The van der Waals surface area contributed by atoms with Gasteiger partial charge in [0.25, 0.3) is 5.91 Å². The summed E-state index contributed by atoms with van der Waals surface area (Å²) in [6.45, 7) is 2.99. The molecule has 3 rings (SSSR count). The van der Waals surface area contributed by atoms with Gasteiger partial charge in [-0.15, -0.1) is 0 Å². The van der Waals surface area contributed by atoms with Gasteiger partial charge in [-0.3, -0.25) is 14.6 Å². The van der Waals surface area contributed by atoms with E-state index in [1.807, 2.05) is 67.6 Å². The molecule has 0 saturated heterocycles. The molecule has 0 aliphatic carbocycles. The van der Waals surface area contributed by atoms with Crippen LogP contribution in [0, 0.1) is 6.92 Å². The average Bonchev–Trinajstić information content (AvgIpc) is 2.76. The zero-order chi connectivity index (χ0) is 20.5. The standard InChI is InChI=1S/C23H24N4O2/c1-18-14-25-21(16-24-18)23(29)27(17-20-10-6-3-7-11-20)13-12-22(28)26-15-19-8-4-2-5-9-19/h2-11,14,16H,12-13,15,17H2,1H3,(H,26,28). The van der Waals surface area contributed by atoms with Gasteiger partial charge in [0, 0.05) is 32.3 Å². The Labute approximate surface area is 170 Å². The molecule has 6 heteroatoms. The number of nitrogens with zero attached hydrogens (tertiary/aromatic N) is 3. The van der Waals surface area contributed by atoms with Crippen LogP contribution in [0.3, 0.4) is 0 Å². The van der Waals surface area contributed by atoms with E-state index in [1.54, 1.807) is 11.1 Å². The molecule has 0 aliphatic rings. The largest absolute Gasteiger partial charge is 0.352 e. The minimum Gasteiger partial charge on any atom is -0.352 e. The quantitative estimate of drug-likeness (QED) is 0.643. The number of amides is 2. The second kappa shape index (κ2) is 10.1. The van der Waals surface area contributed by atoms with Crippen LogP contribution in [-0.2, 0) is 17.9 Å². The van der Waals surface area contributed by atoms with Gasteiger partial charge in [-0.05, 0) is 18.1 Å². The lowest BCUT2D eigenvalue weighted by Gasteiger charge is -2.22. The van der Waals surface area contributed by atoms with E-state index in [0.29, 0.717) is 19.6 Å². The molecular formula is C23H24N4O2. The molecule has 1 aromatic heterocycles. The van der Waals surface area contributed by atoms with Crippen LogP contribution in [-0.4, -0.2) is 33.2 Å². The van der Waals surface area contributed by atoms with E-state index < -0.39 is 0 Å². The molecule has 1 N–H and O–H groups in total. The van der Waals surface area contributed by atoms with Crippen LogP contribution in [0.4, 0.5) is 0 Å². The molecular weight excluding hydrogens is 364 g/mol. The molecule has 0 fully saturated rings. The maximum atomic E-state index is 12.9. The number of benzene rings is 2. The SMILES string of the molecule is Cc1cnc(C(=O)N(CCC(=O)NCc2ccccc2)Cc2ccccc2)cn1. The van der Waals surface area contributed by atoms with Crippen LogP contribution < -0.4 is 5.32 Å². The fraction of sp³-hybridized carbons (Fsp3) is 0.217. The molecule has 2 aromatic carbocycles. The third-order valence-corrected chi connectivity index (χ3v) is 4.44. The van der Waals surface area contributed by atoms with Gasteiger partial charge >= 0.3 is 0 Å². The van der Waals surface area contributed by atoms with Crippen molar-refractivity contribution in [1.82, 2.24) is 20.2 Å². The Hall–Kier alpha value is -3.54. The Morgan fingerprint density at radius 1 is 0.897 bits per heavy atom. The molecule has 0 spiro atoms. The van der Waals surface area contributed by atoms with Gasteiger partial charge in [0.1, 0.15) is 5.69 Å². The van der Waals surface area contributed by atoms with E-state index in [0.717, 1.165) is 16.8 Å². The van der Waals surface area contributed by atoms with E-state index in [4.69, 9.17) is 0 Å². The summed E-state index contributed by atoms with van der Waals surface area (Å²) in [5.41, 5.74) is 3.05. The first kappa shape index (κ1) is 20.2. The predicted octanol–water partition coefficient (Wildman–Crippen LogP) is 3.13. The number of carbonyl (C=O) groups is 2. The van der Waals surface area contributed by atoms with Crippen molar-refractivity contribution >= 4 is 11.8 Å². The first-order valence-corrected chi connectivity index (χ1v) is 9.54. The maximum absolute atomic E-state index is 12.9. The van der Waals surface area contributed by atoms with Crippen molar-refractivity contribution in [2.75, 3.05) is 6.54 Å². The third-order valence-electron chi connectivity index (χ3n) is 4.44. The van der Waals surface area contributed by atoms with E-state index in [-0.39, 0.29) is 23.9 Å². The van der Waals surface area contributed by atoms with Crippen LogP contribution in [0.2, 0.25) is 0 Å². The first-order valence-electron chi connectivity index (χ1n) is 9.54. The predicted molar refractivity (Wildman–Crippen MR) is 111 cm³/mol. The molecule has 1 heterocycles. The minimum atomic E-state index is -0.239. The number of hydrogen-bond acceptors (Lipinski definition) is 4. The molecule has 0 saturated carbocycles. The molecule has 3 aromatic rings. The smallest absolute Gasteiger partial charge is 0.274 e. The lowest BCUT2D eigenvalue weighted by Crippen LogP contribution is -2.35. The fourth-order valence-electron chi connectivity index (χ4n) is 2.84. The number of aryl methyl sites for hydroxylation is 1. The van der Waals surface area contributed by atoms with Crippen molar-refractivity contribution in [3.8, 4) is 0 Å². The van der Waals surface area contributed by atoms with Crippen LogP contribution in [0.15, 0.2) is 73.1 Å². The van der Waals surface area contributed by atoms with Crippen LogP contribution in [0.1, 0.15) is 33.7 Å². The van der Waals surface area contributed by atoms with Gasteiger partial charge in [-0.2, -0.15) is 0 Å². The summed E-state index contributed by atoms with van der Waals surface area (Å²) < 4.78 is 0. The van der Waals surface area contributed by atoms with Crippen molar-refractivity contribution in [3.05, 3.63) is 95.6 Å². The van der Waals surface area contributed by atoms with Gasteiger partial charge in [-0.25, -0.2) is 4.98 Å². The number of carbonyl (C=O) groups excluding carboxylic acids is 2. The van der Waals surface area contributed by atoms with E-state index in [2.05, 4.69) is 15.3 Å². The number of rotatable bonds is 8. The fourth-order valence-corrected chi connectivity index (χ4v) is 2.84. The summed E-state index contributed by atoms with van der Waals surface area (Å²) in [5.74, 6) is -0.341. The number of aromatic nitrogens is 2. The maximum Gasteiger partial charge on any atom is 0.274 e. The van der Waals surface area contributed by atoms with Crippen molar-refractivity contribution < 1.29 is 9.59 Å². The highest BCUT2D eigenvalue weighted by atomic mass is 16.2. The highest BCUT2D eigenvalue weighted by Crippen LogP contribution is 2.10. The molecule has 148 valence electrons. The molecule has 6 nitrogen and oxygen atoms in total. The molecule has 2 amide bonds. The van der Waals surface area contributed by atoms with Gasteiger partial charge in [-0.1, -0.05) is 60.7 Å². The molecule has 29 heavy (non-hydrogen) atoms. The number of nitrogens with one attached hydrogen (secondary N) is 1. The van der Waals surface area contributed by atoms with Crippen molar-refractivity contribution in [3.63, 3.8) is 0 Å². The lowest BCUT2D eigenvalue weighted by molar-refractivity contribution is -0.121. The Morgan fingerprint density at radius 3 is 2.17 bits per heavy atom. The Balaban J connectivity index is 1.63. The summed E-state index contributed by atoms with van der Waals surface area (Å²) in [5, 5.41) is 2.90. The Kier molecular flexibility index (Phi) is 7.05. The van der Waals surface area contributed by atoms with Gasteiger partial charge < -0.3 is 10.2 Å². The summed E-state index contributed by atoms with van der Waals surface area (Å²) >= 11 is 0. The van der Waals surface area contributed by atoms with Gasteiger partial charge in [0.05, 0.1) is 11.9 Å². The van der Waals surface area contributed by atoms with Crippen molar-refractivity contribution in [1.29, 1.82) is 0 Å². The first-order chi connectivity index (χ1) is 14.1. The minimum absolute atomic E-state index is 0.102. The second-order valence-corrected chi connectivity index (χ2v) is 6.77.